The first-order chi connectivity index (χ1) is 21.0. The molecule has 1 aliphatic heterocycles. The molecule has 2 N–H and O–H groups in total. The second kappa shape index (κ2) is 16.3. The van der Waals surface area contributed by atoms with Gasteiger partial charge < -0.3 is 14.5 Å². The van der Waals surface area contributed by atoms with Crippen LogP contribution in [-0.4, -0.2) is 25.7 Å². The lowest BCUT2D eigenvalue weighted by Crippen LogP contribution is -2.76. The number of anilines is 1. The molecule has 43 heavy (non-hydrogen) atoms. The first-order valence-corrected chi connectivity index (χ1v) is 16.6. The van der Waals surface area contributed by atoms with Crippen molar-refractivity contribution in [1.29, 1.82) is 0 Å². The van der Waals surface area contributed by atoms with Gasteiger partial charge in [-0.25, -0.2) is 9.79 Å². The van der Waals surface area contributed by atoms with Crippen LogP contribution in [0, 0.1) is 13.8 Å². The van der Waals surface area contributed by atoms with Gasteiger partial charge in [0.25, 0.3) is 0 Å². The Hall–Kier alpha value is -3.60. The summed E-state index contributed by atoms with van der Waals surface area (Å²) in [6.45, 7) is 12.8. The number of rotatable bonds is 16. The summed E-state index contributed by atoms with van der Waals surface area (Å²) in [5, 5.41) is 5.49. The van der Waals surface area contributed by atoms with Gasteiger partial charge >= 0.3 is 5.97 Å². The Morgan fingerprint density at radius 2 is 1.51 bits per heavy atom. The van der Waals surface area contributed by atoms with Crippen molar-refractivity contribution in [3.63, 3.8) is 0 Å². The van der Waals surface area contributed by atoms with Gasteiger partial charge in [-0.2, -0.15) is 0 Å². The number of fused-ring (bicyclic) bond motifs is 2. The molecule has 0 aromatic heterocycles. The maximum absolute atomic E-state index is 13.5. The van der Waals surface area contributed by atoms with Crippen molar-refractivity contribution in [3.05, 3.63) is 70.6 Å². The van der Waals surface area contributed by atoms with Crippen LogP contribution in [0.15, 0.2) is 52.9 Å². The van der Waals surface area contributed by atoms with Crippen molar-refractivity contribution < 1.29 is 18.9 Å². The summed E-state index contributed by atoms with van der Waals surface area (Å²) in [5.41, 5.74) is 7.53. The molecule has 2 aromatic rings. The van der Waals surface area contributed by atoms with Crippen molar-refractivity contribution in [2.24, 2.45) is 0 Å². The van der Waals surface area contributed by atoms with Crippen LogP contribution in [0.3, 0.4) is 0 Å². The van der Waals surface area contributed by atoms with Gasteiger partial charge in [0.05, 0.1) is 18.2 Å². The van der Waals surface area contributed by atoms with Crippen LogP contribution in [0.5, 0.6) is 0 Å². The summed E-state index contributed by atoms with van der Waals surface area (Å²) in [6.07, 6.45) is 12.5. The third-order valence-electron chi connectivity index (χ3n) is 8.29. The first-order valence-electron chi connectivity index (χ1n) is 16.6. The van der Waals surface area contributed by atoms with E-state index in [2.05, 4.69) is 69.2 Å². The Morgan fingerprint density at radius 1 is 0.814 bits per heavy atom. The van der Waals surface area contributed by atoms with E-state index >= 15 is 0 Å². The summed E-state index contributed by atoms with van der Waals surface area (Å²) in [6, 6.07) is 16.3. The molecule has 5 heteroatoms. The molecular weight excluding hydrogens is 532 g/mol. The molecule has 0 spiro atoms. The first kappa shape index (κ1) is 32.3. The summed E-state index contributed by atoms with van der Waals surface area (Å²) in [7, 11) is 0. The van der Waals surface area contributed by atoms with E-state index in [4.69, 9.17) is 9.15 Å². The smallest absolute Gasteiger partial charge is 0.338 e. The van der Waals surface area contributed by atoms with Gasteiger partial charge in [-0.1, -0.05) is 82.9 Å². The van der Waals surface area contributed by atoms with Gasteiger partial charge in [0, 0.05) is 40.4 Å². The van der Waals surface area contributed by atoms with E-state index in [1.54, 1.807) is 0 Å². The fraction of sp³-hybridized carbons (Fsp3) is 0.474. The number of benzene rings is 3. The average Bonchev–Trinajstić information content (AvgIpc) is 3.00. The largest absolute Gasteiger partial charge is 0.462 e. The summed E-state index contributed by atoms with van der Waals surface area (Å²) >= 11 is 0. The number of hydrogen-bond donors (Lipinski definition) is 2. The highest BCUT2D eigenvalue weighted by molar-refractivity contribution is 6.08. The number of ether oxygens (including phenoxy) is 1. The number of nitrogens with one attached hydrogen (secondary N) is 2. The fourth-order valence-electron chi connectivity index (χ4n) is 5.96. The van der Waals surface area contributed by atoms with Gasteiger partial charge in [0.1, 0.15) is 17.9 Å². The molecule has 0 bridgehead atoms. The average molecular weight is 584 g/mol. The van der Waals surface area contributed by atoms with Crippen LogP contribution in [0.2, 0.25) is 0 Å². The molecule has 4 rings (SSSR count). The molecule has 0 saturated heterocycles. The van der Waals surface area contributed by atoms with E-state index in [-0.39, 0.29) is 5.97 Å². The molecule has 5 nitrogen and oxygen atoms in total. The van der Waals surface area contributed by atoms with Crippen molar-refractivity contribution in [3.8, 4) is 22.5 Å². The lowest BCUT2D eigenvalue weighted by molar-refractivity contribution is -0.496. The minimum absolute atomic E-state index is 0.268. The number of carbonyl (C=O) groups excluding carboxylic acids is 1. The predicted molar refractivity (Wildman–Crippen MR) is 179 cm³/mol. The number of hydrogen-bond acceptors (Lipinski definition) is 4. The van der Waals surface area contributed by atoms with Crippen molar-refractivity contribution in [2.45, 2.75) is 98.8 Å². The number of aryl methyl sites for hydroxylation is 2. The van der Waals surface area contributed by atoms with Crippen LogP contribution < -0.4 is 15.7 Å². The standard InChI is InChI=1S/C38H50N2O3/c1-6-9-10-11-12-13-14-15-16-19-22-42-38(41)30-21-18-17-20-29(30)37-31-23-27(4)33(39-7-2)25-35(31)43-36-26-34(40-8-3)28(5)24-32(36)37/h17-18,20-21,23-26,39H,6-16,19,22H2,1-5H3/p+1. The van der Waals surface area contributed by atoms with E-state index in [1.807, 2.05) is 24.3 Å². The normalized spacial score (nSPS) is 11.9. The predicted octanol–water partition coefficient (Wildman–Crippen LogP) is 8.33. The van der Waals surface area contributed by atoms with Crippen LogP contribution >= 0.6 is 0 Å². The molecular formula is C38H51N2O3+. The molecule has 0 saturated carbocycles. The number of carbonyl (C=O) groups is 1. The van der Waals surface area contributed by atoms with Gasteiger partial charge in [-0.15, -0.1) is 0 Å². The molecule has 0 amide bonds. The maximum Gasteiger partial charge on any atom is 0.338 e. The van der Waals surface area contributed by atoms with E-state index < -0.39 is 0 Å². The maximum atomic E-state index is 13.5. The van der Waals surface area contributed by atoms with Gasteiger partial charge in [-0.3, -0.25) is 0 Å². The third-order valence-corrected chi connectivity index (χ3v) is 8.29. The van der Waals surface area contributed by atoms with Crippen molar-refractivity contribution >= 4 is 22.6 Å². The Bertz CT molecular complexity index is 1530. The molecule has 0 radical (unpaired) electrons. The molecule has 2 aliphatic rings. The fourth-order valence-corrected chi connectivity index (χ4v) is 5.96. The number of esters is 1. The molecule has 1 aliphatic carbocycles. The van der Waals surface area contributed by atoms with Gasteiger partial charge in [-0.05, 0) is 63.4 Å². The van der Waals surface area contributed by atoms with E-state index in [1.165, 1.54) is 51.4 Å². The Morgan fingerprint density at radius 3 is 2.21 bits per heavy atom. The highest BCUT2D eigenvalue weighted by Gasteiger charge is 2.24. The molecule has 230 valence electrons. The molecule has 0 unspecified atom stereocenters. The van der Waals surface area contributed by atoms with Crippen LogP contribution in [0.1, 0.15) is 106 Å². The molecule has 0 atom stereocenters. The Labute approximate surface area is 258 Å². The molecule has 0 fully saturated rings. The topological polar surface area (TPSA) is 65.4 Å². The minimum Gasteiger partial charge on any atom is -0.462 e. The highest BCUT2D eigenvalue weighted by atomic mass is 16.5. The highest BCUT2D eigenvalue weighted by Crippen LogP contribution is 2.43. The second-order valence-electron chi connectivity index (χ2n) is 11.7. The van der Waals surface area contributed by atoms with Crippen molar-refractivity contribution in [1.82, 2.24) is 0 Å². The lowest BCUT2D eigenvalue weighted by Gasteiger charge is -2.19. The lowest BCUT2D eigenvalue weighted by atomic mass is 9.89. The molecule has 2 aromatic carbocycles. The zero-order chi connectivity index (χ0) is 30.6. The van der Waals surface area contributed by atoms with E-state index in [0.29, 0.717) is 12.2 Å². The van der Waals surface area contributed by atoms with E-state index in [9.17, 15) is 4.79 Å². The summed E-state index contributed by atoms with van der Waals surface area (Å²) in [4.78, 5) is 17.0. The van der Waals surface area contributed by atoms with E-state index in [0.717, 1.165) is 81.5 Å². The summed E-state index contributed by atoms with van der Waals surface area (Å²) < 4.78 is 12.4. The Kier molecular flexibility index (Phi) is 12.3. The second-order valence-corrected chi connectivity index (χ2v) is 11.7. The van der Waals surface area contributed by atoms with Gasteiger partial charge in [0.15, 0.2) is 0 Å². The quantitative estimate of drug-likeness (QED) is 0.0791. The van der Waals surface area contributed by atoms with Crippen LogP contribution in [-0.2, 0) is 4.74 Å². The van der Waals surface area contributed by atoms with Crippen LogP contribution in [0.25, 0.3) is 33.4 Å². The van der Waals surface area contributed by atoms with Crippen LogP contribution in [0.4, 0.5) is 5.69 Å². The SMILES string of the molecule is CCCCCCCCCCCCOC(=O)c1ccccc1-c1c2cc(C)c(=[NH+]CC)cc-2oc2cc(NCC)c(C)cc12. The van der Waals surface area contributed by atoms with Crippen molar-refractivity contribution in [2.75, 3.05) is 25.0 Å². The zero-order valence-electron chi connectivity index (χ0n) is 27.0. The minimum atomic E-state index is -0.268. The summed E-state index contributed by atoms with van der Waals surface area (Å²) in [5.74, 6) is 0.513. The van der Waals surface area contributed by atoms with Gasteiger partial charge in [0.2, 0.25) is 5.36 Å². The molecule has 1 heterocycles. The number of unbranched alkanes of at least 4 members (excludes halogenated alkanes) is 9. The Balaban J connectivity index is 1.60. The monoisotopic (exact) mass is 583 g/mol. The zero-order valence-corrected chi connectivity index (χ0v) is 27.0. The third kappa shape index (κ3) is 8.28.